The van der Waals surface area contributed by atoms with Crippen molar-refractivity contribution in [3.05, 3.63) is 70.6 Å². The second-order valence-corrected chi connectivity index (χ2v) is 6.20. The fourth-order valence-corrected chi connectivity index (χ4v) is 2.81. The molecule has 2 aromatic carbocycles. The van der Waals surface area contributed by atoms with E-state index in [-0.39, 0.29) is 5.56 Å². The number of aromatic nitrogens is 1. The molecular formula is C20H13F6NO3. The third-order valence-corrected chi connectivity index (χ3v) is 4.04. The fraction of sp³-hybridized carbons (Fsp3) is 0.150. The van der Waals surface area contributed by atoms with Crippen LogP contribution in [0.2, 0.25) is 0 Å². The number of benzene rings is 2. The number of hydrogen-bond donors (Lipinski definition) is 1. The van der Waals surface area contributed by atoms with Gasteiger partial charge in [0.05, 0.1) is 0 Å². The third-order valence-electron chi connectivity index (χ3n) is 4.04. The summed E-state index contributed by atoms with van der Waals surface area (Å²) < 4.78 is 81.4. The average Bonchev–Trinajstić information content (AvgIpc) is 2.61. The van der Waals surface area contributed by atoms with Crippen LogP contribution in [-0.2, 0) is 0 Å². The summed E-state index contributed by atoms with van der Waals surface area (Å²) >= 11 is 0. The van der Waals surface area contributed by atoms with Crippen LogP contribution in [0, 0.1) is 6.92 Å². The molecular weight excluding hydrogens is 416 g/mol. The van der Waals surface area contributed by atoms with Crippen LogP contribution in [0.15, 0.2) is 59.4 Å². The second-order valence-electron chi connectivity index (χ2n) is 6.20. The van der Waals surface area contributed by atoms with Crippen molar-refractivity contribution in [2.75, 3.05) is 0 Å². The molecule has 0 atom stereocenters. The molecule has 30 heavy (non-hydrogen) atoms. The van der Waals surface area contributed by atoms with Crippen LogP contribution in [0.5, 0.6) is 11.5 Å². The number of H-pyrrole nitrogens is 1. The van der Waals surface area contributed by atoms with E-state index < -0.39 is 29.8 Å². The molecule has 1 N–H and O–H groups in total. The van der Waals surface area contributed by atoms with Crippen LogP contribution < -0.4 is 15.0 Å². The number of rotatable bonds is 4. The third kappa shape index (κ3) is 5.34. The van der Waals surface area contributed by atoms with E-state index in [9.17, 15) is 31.1 Å². The van der Waals surface area contributed by atoms with Crippen LogP contribution in [-0.4, -0.2) is 17.7 Å². The Kier molecular flexibility index (Phi) is 5.51. The normalized spacial score (nSPS) is 12.0. The summed E-state index contributed by atoms with van der Waals surface area (Å²) in [7, 11) is 0. The van der Waals surface area contributed by atoms with Gasteiger partial charge < -0.3 is 14.5 Å². The van der Waals surface area contributed by atoms with E-state index in [0.29, 0.717) is 22.4 Å². The van der Waals surface area contributed by atoms with Gasteiger partial charge in [-0.2, -0.15) is 0 Å². The minimum atomic E-state index is -4.84. The Morgan fingerprint density at radius 3 is 1.50 bits per heavy atom. The zero-order valence-corrected chi connectivity index (χ0v) is 15.2. The van der Waals surface area contributed by atoms with Gasteiger partial charge in [-0.1, -0.05) is 24.3 Å². The molecule has 0 fully saturated rings. The van der Waals surface area contributed by atoms with Gasteiger partial charge in [0, 0.05) is 16.8 Å². The molecule has 0 saturated carbocycles. The standard InChI is InChI=1S/C20H13F6NO3/c1-11-16(12-2-6-14(7-3-12)29-19(21,22)23)10-17(18(28)27-11)13-4-8-15(9-5-13)30-20(24,25)26/h2-10H,1H3,(H,27,28). The smallest absolute Gasteiger partial charge is 0.406 e. The number of ether oxygens (including phenoxy) is 2. The van der Waals surface area contributed by atoms with Crippen LogP contribution in [0.1, 0.15) is 5.69 Å². The van der Waals surface area contributed by atoms with E-state index in [0.717, 1.165) is 24.3 Å². The molecule has 158 valence electrons. The summed E-state index contributed by atoms with van der Waals surface area (Å²) in [5.74, 6) is -0.830. The lowest BCUT2D eigenvalue weighted by molar-refractivity contribution is -0.275. The molecule has 4 nitrogen and oxygen atoms in total. The minimum Gasteiger partial charge on any atom is -0.406 e. The lowest BCUT2D eigenvalue weighted by Crippen LogP contribution is -2.17. The molecule has 0 saturated heterocycles. The summed E-state index contributed by atoms with van der Waals surface area (Å²) in [4.78, 5) is 15.0. The highest BCUT2D eigenvalue weighted by Gasteiger charge is 2.31. The summed E-state index contributed by atoms with van der Waals surface area (Å²) in [6.07, 6.45) is -9.65. The Morgan fingerprint density at radius 1 is 0.700 bits per heavy atom. The first-order valence-electron chi connectivity index (χ1n) is 8.37. The zero-order valence-electron chi connectivity index (χ0n) is 15.2. The van der Waals surface area contributed by atoms with Gasteiger partial charge in [0.25, 0.3) is 5.56 Å². The lowest BCUT2D eigenvalue weighted by Gasteiger charge is -2.12. The monoisotopic (exact) mass is 429 g/mol. The van der Waals surface area contributed by atoms with Gasteiger partial charge in [0.1, 0.15) is 11.5 Å². The Morgan fingerprint density at radius 2 is 1.10 bits per heavy atom. The highest BCUT2D eigenvalue weighted by molar-refractivity contribution is 5.74. The van der Waals surface area contributed by atoms with E-state index in [4.69, 9.17) is 0 Å². The first-order chi connectivity index (χ1) is 13.9. The van der Waals surface area contributed by atoms with Crippen molar-refractivity contribution in [1.82, 2.24) is 4.98 Å². The summed E-state index contributed by atoms with van der Waals surface area (Å²) in [6, 6.07) is 11.3. The van der Waals surface area contributed by atoms with Crippen molar-refractivity contribution in [1.29, 1.82) is 0 Å². The SMILES string of the molecule is Cc1[nH]c(=O)c(-c2ccc(OC(F)(F)F)cc2)cc1-c1ccc(OC(F)(F)F)cc1. The molecule has 1 aromatic heterocycles. The van der Waals surface area contributed by atoms with Gasteiger partial charge in [-0.3, -0.25) is 4.79 Å². The first kappa shape index (κ1) is 21.3. The molecule has 0 spiro atoms. The molecule has 3 aromatic rings. The maximum absolute atomic E-state index is 12.3. The first-order valence-corrected chi connectivity index (χ1v) is 8.37. The zero-order chi connectivity index (χ0) is 22.1. The van der Waals surface area contributed by atoms with Crippen molar-refractivity contribution in [3.8, 4) is 33.8 Å². The molecule has 1 heterocycles. The molecule has 0 bridgehead atoms. The predicted octanol–water partition coefficient (Wildman–Crippen LogP) is 5.81. The van der Waals surface area contributed by atoms with E-state index >= 15 is 0 Å². The summed E-state index contributed by atoms with van der Waals surface area (Å²) in [5.41, 5.74) is 1.53. The Bertz CT molecular complexity index is 1080. The topological polar surface area (TPSA) is 51.3 Å². The van der Waals surface area contributed by atoms with Crippen molar-refractivity contribution in [2.45, 2.75) is 19.6 Å². The van der Waals surface area contributed by atoms with Crippen molar-refractivity contribution in [2.24, 2.45) is 0 Å². The number of aryl methyl sites for hydroxylation is 1. The highest BCUT2D eigenvalue weighted by Crippen LogP contribution is 2.30. The van der Waals surface area contributed by atoms with Crippen LogP contribution in [0.3, 0.4) is 0 Å². The van der Waals surface area contributed by atoms with E-state index in [1.54, 1.807) is 6.92 Å². The van der Waals surface area contributed by atoms with Crippen LogP contribution in [0.4, 0.5) is 26.3 Å². The summed E-state index contributed by atoms with van der Waals surface area (Å²) in [6.45, 7) is 1.61. The number of aromatic amines is 1. The predicted molar refractivity (Wildman–Crippen MR) is 96.0 cm³/mol. The van der Waals surface area contributed by atoms with Gasteiger partial charge in [-0.25, -0.2) is 0 Å². The van der Waals surface area contributed by atoms with Gasteiger partial charge in [-0.15, -0.1) is 26.3 Å². The van der Waals surface area contributed by atoms with Crippen LogP contribution in [0.25, 0.3) is 22.3 Å². The Hall–Kier alpha value is -3.43. The van der Waals surface area contributed by atoms with Gasteiger partial charge in [0.15, 0.2) is 0 Å². The number of nitrogens with one attached hydrogen (secondary N) is 1. The van der Waals surface area contributed by atoms with Crippen molar-refractivity contribution in [3.63, 3.8) is 0 Å². The maximum Gasteiger partial charge on any atom is 0.573 e. The molecule has 3 rings (SSSR count). The van der Waals surface area contributed by atoms with Gasteiger partial charge >= 0.3 is 12.7 Å². The van der Waals surface area contributed by atoms with Gasteiger partial charge in [-0.05, 0) is 48.4 Å². The lowest BCUT2D eigenvalue weighted by atomic mass is 9.99. The highest BCUT2D eigenvalue weighted by atomic mass is 19.4. The van der Waals surface area contributed by atoms with Crippen molar-refractivity contribution >= 4 is 0 Å². The largest absolute Gasteiger partial charge is 0.573 e. The average molecular weight is 429 g/mol. The molecule has 10 heteroatoms. The number of hydrogen-bond acceptors (Lipinski definition) is 3. The van der Waals surface area contributed by atoms with E-state index in [1.807, 2.05) is 0 Å². The fourth-order valence-electron chi connectivity index (χ4n) is 2.81. The second kappa shape index (κ2) is 7.77. The number of pyridine rings is 1. The molecule has 0 aliphatic carbocycles. The number of alkyl halides is 6. The van der Waals surface area contributed by atoms with E-state index in [1.165, 1.54) is 30.3 Å². The Labute approximate surface area is 165 Å². The van der Waals surface area contributed by atoms with Crippen LogP contribution >= 0.6 is 0 Å². The maximum atomic E-state index is 12.3. The minimum absolute atomic E-state index is 0.171. The quantitative estimate of drug-likeness (QED) is 0.532. The molecule has 0 radical (unpaired) electrons. The van der Waals surface area contributed by atoms with Gasteiger partial charge in [0.2, 0.25) is 0 Å². The molecule has 0 aliphatic rings. The van der Waals surface area contributed by atoms with E-state index in [2.05, 4.69) is 14.5 Å². The molecule has 0 aliphatic heterocycles. The molecule has 0 amide bonds. The Balaban J connectivity index is 1.94. The number of halogens is 6. The molecule has 0 unspecified atom stereocenters. The summed E-state index contributed by atoms with van der Waals surface area (Å²) in [5, 5.41) is 0. The van der Waals surface area contributed by atoms with Crippen molar-refractivity contribution < 1.29 is 35.8 Å².